The van der Waals surface area contributed by atoms with Gasteiger partial charge < -0.3 is 5.32 Å². The summed E-state index contributed by atoms with van der Waals surface area (Å²) in [6.07, 6.45) is 1.51. The lowest BCUT2D eigenvalue weighted by molar-refractivity contribution is 0.671. The minimum Gasteiger partial charge on any atom is -0.305 e. The average Bonchev–Trinajstić information content (AvgIpc) is 2.79. The summed E-state index contributed by atoms with van der Waals surface area (Å²) in [6.45, 7) is 1.53. The predicted molar refractivity (Wildman–Crippen MR) is 66.6 cm³/mol. The molecule has 0 aliphatic heterocycles. The number of hydrogen-bond acceptors (Lipinski definition) is 4. The molecule has 2 rings (SSSR count). The van der Waals surface area contributed by atoms with Crippen LogP contribution in [0.4, 0.5) is 0 Å². The molecule has 0 aliphatic rings. The van der Waals surface area contributed by atoms with E-state index in [9.17, 15) is 0 Å². The zero-order valence-electron chi connectivity index (χ0n) is 7.63. The van der Waals surface area contributed by atoms with Crippen LogP contribution in [0.3, 0.4) is 0 Å². The van der Waals surface area contributed by atoms with Crippen LogP contribution in [0, 0.1) is 0 Å². The van der Waals surface area contributed by atoms with E-state index in [1.807, 2.05) is 0 Å². The summed E-state index contributed by atoms with van der Waals surface area (Å²) < 4.78 is 2.22. The molecule has 0 radical (unpaired) electrons. The van der Waals surface area contributed by atoms with E-state index in [-0.39, 0.29) is 0 Å². The number of nitrogens with zero attached hydrogens (tertiary/aromatic N) is 2. The highest BCUT2D eigenvalue weighted by Gasteiger charge is 2.03. The molecule has 0 saturated carbocycles. The van der Waals surface area contributed by atoms with Gasteiger partial charge in [-0.3, -0.25) is 5.10 Å². The Morgan fingerprint density at radius 1 is 1.40 bits per heavy atom. The van der Waals surface area contributed by atoms with Gasteiger partial charge in [0.15, 0.2) is 0 Å². The van der Waals surface area contributed by atoms with Gasteiger partial charge in [0, 0.05) is 15.9 Å². The second-order valence-electron chi connectivity index (χ2n) is 2.87. The fourth-order valence-electron chi connectivity index (χ4n) is 1.10. The van der Waals surface area contributed by atoms with Crippen molar-refractivity contribution < 1.29 is 0 Å². The molecular weight excluding hydrogens is 344 g/mol. The zero-order valence-corrected chi connectivity index (χ0v) is 11.6. The molecule has 0 unspecified atom stereocenters. The quantitative estimate of drug-likeness (QED) is 0.890. The highest BCUT2D eigenvalue weighted by molar-refractivity contribution is 9.13. The molecule has 0 atom stereocenters. The van der Waals surface area contributed by atoms with Crippen LogP contribution in [-0.4, -0.2) is 15.2 Å². The average molecular weight is 352 g/mol. The van der Waals surface area contributed by atoms with Crippen LogP contribution in [0.25, 0.3) is 0 Å². The van der Waals surface area contributed by atoms with Gasteiger partial charge in [-0.15, -0.1) is 11.3 Å². The third kappa shape index (κ3) is 3.10. The Kier molecular flexibility index (Phi) is 3.90. The summed E-state index contributed by atoms with van der Waals surface area (Å²) in [5, 5.41) is 9.86. The van der Waals surface area contributed by atoms with E-state index in [0.29, 0.717) is 6.54 Å². The molecular formula is C8H8Br2N4S. The Balaban J connectivity index is 1.83. The lowest BCUT2D eigenvalue weighted by Gasteiger charge is -1.98. The van der Waals surface area contributed by atoms with Gasteiger partial charge in [0.25, 0.3) is 0 Å². The second-order valence-corrected chi connectivity index (χ2v) is 6.18. The van der Waals surface area contributed by atoms with Gasteiger partial charge in [-0.2, -0.15) is 5.10 Å². The number of aromatic nitrogens is 3. The topological polar surface area (TPSA) is 53.6 Å². The van der Waals surface area contributed by atoms with Crippen molar-refractivity contribution in [2.75, 3.05) is 0 Å². The summed E-state index contributed by atoms with van der Waals surface area (Å²) in [4.78, 5) is 5.30. The van der Waals surface area contributed by atoms with Gasteiger partial charge in [0.2, 0.25) is 0 Å². The molecule has 0 aliphatic carbocycles. The molecule has 0 amide bonds. The molecule has 15 heavy (non-hydrogen) atoms. The SMILES string of the molecule is Brc1cc(CNCc2ncn[nH]2)sc1Br. The van der Waals surface area contributed by atoms with Crippen LogP contribution in [0.15, 0.2) is 20.7 Å². The fraction of sp³-hybridized carbons (Fsp3) is 0.250. The molecule has 0 fully saturated rings. The summed E-state index contributed by atoms with van der Waals surface area (Å²) in [6, 6.07) is 2.10. The number of rotatable bonds is 4. The van der Waals surface area contributed by atoms with E-state index < -0.39 is 0 Å². The Hall–Kier alpha value is -0.240. The molecule has 2 aromatic heterocycles. The largest absolute Gasteiger partial charge is 0.305 e. The smallest absolute Gasteiger partial charge is 0.138 e. The van der Waals surface area contributed by atoms with Crippen LogP contribution in [0.5, 0.6) is 0 Å². The van der Waals surface area contributed by atoms with Gasteiger partial charge in [-0.1, -0.05) is 0 Å². The number of H-pyrrole nitrogens is 1. The molecule has 2 aromatic rings. The van der Waals surface area contributed by atoms with Crippen LogP contribution in [0.2, 0.25) is 0 Å². The first-order valence-corrected chi connectivity index (χ1v) is 6.64. The highest BCUT2D eigenvalue weighted by atomic mass is 79.9. The number of nitrogens with one attached hydrogen (secondary N) is 2. The van der Waals surface area contributed by atoms with E-state index >= 15 is 0 Å². The first-order chi connectivity index (χ1) is 7.25. The first-order valence-electron chi connectivity index (χ1n) is 4.24. The molecule has 7 heteroatoms. The molecule has 2 heterocycles. The summed E-state index contributed by atoms with van der Waals surface area (Å²) in [5.74, 6) is 0.852. The van der Waals surface area contributed by atoms with Crippen LogP contribution < -0.4 is 5.32 Å². The van der Waals surface area contributed by atoms with Crippen LogP contribution in [0.1, 0.15) is 10.7 Å². The normalized spacial score (nSPS) is 10.8. The summed E-state index contributed by atoms with van der Waals surface area (Å²) >= 11 is 8.63. The van der Waals surface area contributed by atoms with E-state index in [2.05, 4.69) is 58.4 Å². The van der Waals surface area contributed by atoms with Crippen molar-refractivity contribution in [3.05, 3.63) is 31.4 Å². The van der Waals surface area contributed by atoms with Crippen molar-refractivity contribution in [3.63, 3.8) is 0 Å². The Morgan fingerprint density at radius 2 is 2.27 bits per heavy atom. The van der Waals surface area contributed by atoms with Gasteiger partial charge in [0.1, 0.15) is 12.2 Å². The van der Waals surface area contributed by atoms with Crippen molar-refractivity contribution in [3.8, 4) is 0 Å². The summed E-state index contributed by atoms with van der Waals surface area (Å²) in [5.41, 5.74) is 0. The van der Waals surface area contributed by atoms with Gasteiger partial charge in [-0.05, 0) is 37.9 Å². The van der Waals surface area contributed by atoms with E-state index in [1.54, 1.807) is 11.3 Å². The third-order valence-corrected chi connectivity index (χ3v) is 5.01. The van der Waals surface area contributed by atoms with Crippen molar-refractivity contribution >= 4 is 43.2 Å². The third-order valence-electron chi connectivity index (χ3n) is 1.75. The van der Waals surface area contributed by atoms with Crippen molar-refractivity contribution in [2.24, 2.45) is 0 Å². The Morgan fingerprint density at radius 3 is 2.87 bits per heavy atom. The maximum Gasteiger partial charge on any atom is 0.138 e. The number of thiophene rings is 1. The minimum absolute atomic E-state index is 0.702. The standard InChI is InChI=1S/C8H8Br2N4S/c9-6-1-5(15-8(6)10)2-11-3-7-12-4-13-14-7/h1,4,11H,2-3H2,(H,12,13,14). The molecule has 2 N–H and O–H groups in total. The van der Waals surface area contributed by atoms with Crippen molar-refractivity contribution in [1.29, 1.82) is 0 Å². The van der Waals surface area contributed by atoms with Crippen LogP contribution in [-0.2, 0) is 13.1 Å². The second kappa shape index (κ2) is 5.20. The van der Waals surface area contributed by atoms with Gasteiger partial charge in [0.05, 0.1) is 10.3 Å². The van der Waals surface area contributed by atoms with Gasteiger partial charge in [-0.25, -0.2) is 4.98 Å². The molecule has 4 nitrogen and oxygen atoms in total. The molecule has 0 saturated heterocycles. The Labute approximate surface area is 108 Å². The monoisotopic (exact) mass is 350 g/mol. The first kappa shape index (κ1) is 11.3. The molecule has 0 aromatic carbocycles. The number of hydrogen-bond donors (Lipinski definition) is 2. The van der Waals surface area contributed by atoms with Gasteiger partial charge >= 0.3 is 0 Å². The number of aromatic amines is 1. The summed E-state index contributed by atoms with van der Waals surface area (Å²) in [7, 11) is 0. The van der Waals surface area contributed by atoms with E-state index in [1.165, 1.54) is 11.2 Å². The lowest BCUT2D eigenvalue weighted by atomic mass is 10.4. The number of halogens is 2. The highest BCUT2D eigenvalue weighted by Crippen LogP contribution is 2.32. The lowest BCUT2D eigenvalue weighted by Crippen LogP contribution is -2.12. The van der Waals surface area contributed by atoms with E-state index in [0.717, 1.165) is 20.6 Å². The van der Waals surface area contributed by atoms with Crippen molar-refractivity contribution in [1.82, 2.24) is 20.5 Å². The molecule has 80 valence electrons. The fourth-order valence-corrected chi connectivity index (χ4v) is 3.25. The predicted octanol–water partition coefficient (Wildman–Crippen LogP) is 2.68. The maximum atomic E-state index is 4.03. The Bertz CT molecular complexity index is 406. The molecule has 0 bridgehead atoms. The zero-order chi connectivity index (χ0) is 10.7. The minimum atomic E-state index is 0.702. The molecule has 0 spiro atoms. The van der Waals surface area contributed by atoms with E-state index in [4.69, 9.17) is 0 Å². The maximum absolute atomic E-state index is 4.03. The van der Waals surface area contributed by atoms with Crippen molar-refractivity contribution in [2.45, 2.75) is 13.1 Å². The van der Waals surface area contributed by atoms with Crippen LogP contribution >= 0.6 is 43.2 Å².